The van der Waals surface area contributed by atoms with E-state index in [2.05, 4.69) is 0 Å². The van der Waals surface area contributed by atoms with E-state index in [4.69, 9.17) is 0 Å². The zero-order valence-electron chi connectivity index (χ0n) is 12.1. The van der Waals surface area contributed by atoms with Crippen molar-refractivity contribution in [2.45, 2.75) is 19.1 Å². The average Bonchev–Trinajstić information content (AvgIpc) is 2.53. The van der Waals surface area contributed by atoms with E-state index in [1.165, 1.54) is 0 Å². The Balaban J connectivity index is 2.22. The highest BCUT2D eigenvalue weighted by Gasteiger charge is 2.44. The molecule has 0 radical (unpaired) electrons. The topological polar surface area (TPSA) is 37.4 Å². The van der Waals surface area contributed by atoms with Gasteiger partial charge < -0.3 is 0 Å². The molecule has 0 atom stereocenters. The van der Waals surface area contributed by atoms with Crippen LogP contribution in [0.2, 0.25) is 0 Å². The third-order valence-corrected chi connectivity index (χ3v) is 3.17. The molecular formula is C17H14F3NO2. The molecule has 0 bridgehead atoms. The number of halogens is 3. The van der Waals surface area contributed by atoms with Crippen molar-refractivity contribution in [2.75, 3.05) is 0 Å². The van der Waals surface area contributed by atoms with Crippen molar-refractivity contribution in [1.29, 1.82) is 0 Å². The van der Waals surface area contributed by atoms with Crippen molar-refractivity contribution in [2.24, 2.45) is 0 Å². The first-order chi connectivity index (χ1) is 10.9. The number of benzene rings is 2. The summed E-state index contributed by atoms with van der Waals surface area (Å²) >= 11 is 0. The minimum atomic E-state index is -5.10. The molecule has 2 rings (SSSR count). The predicted molar refractivity (Wildman–Crippen MR) is 78.2 cm³/mol. The summed E-state index contributed by atoms with van der Waals surface area (Å²) < 4.78 is 38.3. The molecule has 0 aromatic heterocycles. The maximum absolute atomic E-state index is 12.8. The second kappa shape index (κ2) is 7.09. The van der Waals surface area contributed by atoms with Crippen LogP contribution in [0, 0.1) is 0 Å². The predicted octanol–water partition coefficient (Wildman–Crippen LogP) is 3.35. The van der Waals surface area contributed by atoms with Gasteiger partial charge in [0.1, 0.15) is 0 Å². The van der Waals surface area contributed by atoms with Crippen LogP contribution in [0.1, 0.15) is 11.1 Å². The molecule has 2 amide bonds. The van der Waals surface area contributed by atoms with Crippen LogP contribution in [0.5, 0.6) is 0 Å². The molecule has 0 N–H and O–H groups in total. The molecule has 0 saturated carbocycles. The van der Waals surface area contributed by atoms with Crippen LogP contribution >= 0.6 is 0 Å². The highest BCUT2D eigenvalue weighted by molar-refractivity contribution is 5.98. The third-order valence-electron chi connectivity index (χ3n) is 3.17. The SMILES string of the molecule is O=C(Cc1ccccc1)N(Cc1ccccc1)C(=O)C(F)(F)F. The summed E-state index contributed by atoms with van der Waals surface area (Å²) in [6.07, 6.45) is -5.36. The fourth-order valence-corrected chi connectivity index (χ4v) is 2.06. The standard InChI is InChI=1S/C17H14F3NO2/c18-17(19,20)16(23)21(12-14-9-5-2-6-10-14)15(22)11-13-7-3-1-4-8-13/h1-10H,11-12H2. The van der Waals surface area contributed by atoms with Gasteiger partial charge in [0.2, 0.25) is 5.91 Å². The van der Waals surface area contributed by atoms with Crippen LogP contribution in [0.25, 0.3) is 0 Å². The summed E-state index contributed by atoms with van der Waals surface area (Å²) in [5, 5.41) is 0. The van der Waals surface area contributed by atoms with Crippen LogP contribution in [0.4, 0.5) is 13.2 Å². The van der Waals surface area contributed by atoms with Crippen LogP contribution in [0.3, 0.4) is 0 Å². The zero-order chi connectivity index (χ0) is 16.9. The molecular weight excluding hydrogens is 307 g/mol. The van der Waals surface area contributed by atoms with Crippen LogP contribution < -0.4 is 0 Å². The number of rotatable bonds is 4. The Hall–Kier alpha value is -2.63. The van der Waals surface area contributed by atoms with Crippen molar-refractivity contribution in [3.63, 3.8) is 0 Å². The van der Waals surface area contributed by atoms with Crippen LogP contribution in [0.15, 0.2) is 60.7 Å². The molecule has 0 aliphatic rings. The summed E-state index contributed by atoms with van der Waals surface area (Å²) in [5.74, 6) is -3.04. The molecule has 6 heteroatoms. The number of alkyl halides is 3. The molecule has 23 heavy (non-hydrogen) atoms. The maximum atomic E-state index is 12.8. The molecule has 0 aliphatic carbocycles. The molecule has 0 fully saturated rings. The maximum Gasteiger partial charge on any atom is 0.471 e. The van der Waals surface area contributed by atoms with Gasteiger partial charge in [-0.2, -0.15) is 13.2 Å². The minimum absolute atomic E-state index is 0.252. The van der Waals surface area contributed by atoms with E-state index in [0.29, 0.717) is 11.1 Å². The zero-order valence-corrected chi connectivity index (χ0v) is 12.1. The number of carbonyl (C=O) groups excluding carboxylic acids is 2. The lowest BCUT2D eigenvalue weighted by atomic mass is 10.1. The highest BCUT2D eigenvalue weighted by atomic mass is 19.4. The van der Waals surface area contributed by atoms with Crippen molar-refractivity contribution in [3.05, 3.63) is 71.8 Å². The van der Waals surface area contributed by atoms with Gasteiger partial charge >= 0.3 is 12.1 Å². The third kappa shape index (κ3) is 4.67. The second-order valence-electron chi connectivity index (χ2n) is 4.93. The van der Waals surface area contributed by atoms with Crippen LogP contribution in [-0.4, -0.2) is 22.9 Å². The lowest BCUT2D eigenvalue weighted by Gasteiger charge is -2.22. The van der Waals surface area contributed by atoms with Crippen LogP contribution in [-0.2, 0) is 22.6 Å². The fraction of sp³-hybridized carbons (Fsp3) is 0.176. The van der Waals surface area contributed by atoms with Crippen molar-refractivity contribution < 1.29 is 22.8 Å². The summed E-state index contributed by atoms with van der Waals surface area (Å²) in [4.78, 5) is 24.0. The normalized spacial score (nSPS) is 11.1. The van der Waals surface area contributed by atoms with Gasteiger partial charge in [0.05, 0.1) is 13.0 Å². The lowest BCUT2D eigenvalue weighted by Crippen LogP contribution is -2.45. The quantitative estimate of drug-likeness (QED) is 0.866. The Morgan fingerprint density at radius 3 is 1.78 bits per heavy atom. The molecule has 0 unspecified atom stereocenters. The molecule has 2 aromatic rings. The van der Waals surface area contributed by atoms with E-state index >= 15 is 0 Å². The number of imide groups is 1. The number of nitrogens with zero attached hydrogens (tertiary/aromatic N) is 1. The Morgan fingerprint density at radius 2 is 1.30 bits per heavy atom. The van der Waals surface area contributed by atoms with Gasteiger partial charge in [-0.15, -0.1) is 0 Å². The largest absolute Gasteiger partial charge is 0.471 e. The molecule has 0 aliphatic heterocycles. The molecule has 3 nitrogen and oxygen atoms in total. The van der Waals surface area contributed by atoms with Gasteiger partial charge in [-0.05, 0) is 11.1 Å². The lowest BCUT2D eigenvalue weighted by molar-refractivity contribution is -0.188. The smallest absolute Gasteiger partial charge is 0.274 e. The number of amides is 2. The van der Waals surface area contributed by atoms with Gasteiger partial charge in [0, 0.05) is 0 Å². The second-order valence-corrected chi connectivity index (χ2v) is 4.93. The van der Waals surface area contributed by atoms with E-state index in [1.807, 2.05) is 0 Å². The van der Waals surface area contributed by atoms with Gasteiger partial charge in [-0.1, -0.05) is 60.7 Å². The summed E-state index contributed by atoms with van der Waals surface area (Å²) in [6.45, 7) is -0.412. The monoisotopic (exact) mass is 321 g/mol. The molecule has 0 saturated heterocycles. The van der Waals surface area contributed by atoms with Gasteiger partial charge in [-0.25, -0.2) is 0 Å². The first-order valence-corrected chi connectivity index (χ1v) is 6.87. The summed E-state index contributed by atoms with van der Waals surface area (Å²) in [6, 6.07) is 16.4. The van der Waals surface area contributed by atoms with Gasteiger partial charge in [-0.3, -0.25) is 14.5 Å². The van der Waals surface area contributed by atoms with E-state index in [9.17, 15) is 22.8 Å². The first kappa shape index (κ1) is 16.7. The summed E-state index contributed by atoms with van der Waals surface area (Å²) in [5.41, 5.74) is 0.997. The fourth-order valence-electron chi connectivity index (χ4n) is 2.06. The van der Waals surface area contributed by atoms with Crippen molar-refractivity contribution >= 4 is 11.8 Å². The first-order valence-electron chi connectivity index (χ1n) is 6.87. The van der Waals surface area contributed by atoms with E-state index in [0.717, 1.165) is 0 Å². The van der Waals surface area contributed by atoms with Gasteiger partial charge in [0.15, 0.2) is 0 Å². The highest BCUT2D eigenvalue weighted by Crippen LogP contribution is 2.21. The minimum Gasteiger partial charge on any atom is -0.274 e. The van der Waals surface area contributed by atoms with Crippen molar-refractivity contribution in [1.82, 2.24) is 4.90 Å². The Kier molecular flexibility index (Phi) is 5.16. The number of hydrogen-bond donors (Lipinski definition) is 0. The Bertz CT molecular complexity index is 669. The molecule has 0 spiro atoms. The van der Waals surface area contributed by atoms with Gasteiger partial charge in [0.25, 0.3) is 0 Å². The number of carbonyl (C=O) groups is 2. The van der Waals surface area contributed by atoms with E-state index in [-0.39, 0.29) is 11.3 Å². The number of hydrogen-bond acceptors (Lipinski definition) is 2. The molecule has 0 heterocycles. The average molecular weight is 321 g/mol. The molecule has 2 aromatic carbocycles. The van der Waals surface area contributed by atoms with E-state index < -0.39 is 24.5 Å². The van der Waals surface area contributed by atoms with E-state index in [1.54, 1.807) is 60.7 Å². The Labute approximate surface area is 131 Å². The molecule has 120 valence electrons. The summed E-state index contributed by atoms with van der Waals surface area (Å²) in [7, 11) is 0. The van der Waals surface area contributed by atoms with Crippen molar-refractivity contribution in [3.8, 4) is 0 Å². The Morgan fingerprint density at radius 1 is 0.826 bits per heavy atom.